The molecule has 2 aliphatic rings. The number of amides is 2. The van der Waals surface area contributed by atoms with Crippen molar-refractivity contribution in [2.45, 2.75) is 25.7 Å². The predicted molar refractivity (Wildman–Crippen MR) is 125 cm³/mol. The van der Waals surface area contributed by atoms with Gasteiger partial charge in [-0.05, 0) is 50.4 Å². The van der Waals surface area contributed by atoms with E-state index in [9.17, 15) is 9.59 Å². The van der Waals surface area contributed by atoms with E-state index in [1.807, 2.05) is 4.90 Å². The quantitative estimate of drug-likeness (QED) is 0.642. The summed E-state index contributed by atoms with van der Waals surface area (Å²) in [6.07, 6.45) is 6.54. The number of unbranched alkanes of at least 4 members (excludes halogenated alkanes) is 1. The molecule has 0 spiro atoms. The van der Waals surface area contributed by atoms with E-state index in [1.165, 1.54) is 18.2 Å². The summed E-state index contributed by atoms with van der Waals surface area (Å²) in [5.74, 6) is 0.133. The highest BCUT2D eigenvalue weighted by Gasteiger charge is 2.28. The van der Waals surface area contributed by atoms with Crippen LogP contribution in [-0.4, -0.2) is 74.0 Å². The number of carbonyl (C=O) groups excluding carboxylic acids is 2. The number of anilines is 1. The van der Waals surface area contributed by atoms with Gasteiger partial charge < -0.3 is 19.5 Å². The fourth-order valence-corrected chi connectivity index (χ4v) is 4.60. The molecule has 7 nitrogen and oxygen atoms in total. The molecule has 0 unspecified atom stereocenters. The average Bonchev–Trinajstić information content (AvgIpc) is 3.39. The number of carbonyl (C=O) groups is 2. The van der Waals surface area contributed by atoms with E-state index < -0.39 is 0 Å². The molecule has 172 valence electrons. The van der Waals surface area contributed by atoms with Crippen LogP contribution in [0, 0.1) is 5.92 Å². The van der Waals surface area contributed by atoms with E-state index >= 15 is 0 Å². The number of nitrogens with one attached hydrogen (secondary N) is 1. The standard InChI is InChI=1S/C25H34N4O3/c30-24(21-8-13-29(14-9-21)25(31)22-10-19-32-20-22)26-11-4-5-12-27-15-17-28(18-16-27)23-6-2-1-3-7-23/h1-3,6-7,10,19-21H,4-5,8-9,11-18H2,(H,26,30). The third-order valence-electron chi connectivity index (χ3n) is 6.62. The summed E-state index contributed by atoms with van der Waals surface area (Å²) in [4.78, 5) is 31.6. The second-order valence-corrected chi connectivity index (χ2v) is 8.74. The molecule has 32 heavy (non-hydrogen) atoms. The number of rotatable bonds is 8. The molecule has 7 heteroatoms. The van der Waals surface area contributed by atoms with Gasteiger partial charge in [-0.25, -0.2) is 0 Å². The highest BCUT2D eigenvalue weighted by Crippen LogP contribution is 2.20. The summed E-state index contributed by atoms with van der Waals surface area (Å²) >= 11 is 0. The Bertz CT molecular complexity index is 839. The minimum atomic E-state index is -0.0118. The SMILES string of the molecule is O=C(NCCCCN1CCN(c2ccccc2)CC1)C1CCN(C(=O)c2ccoc2)CC1. The molecule has 3 heterocycles. The van der Waals surface area contributed by atoms with E-state index in [1.54, 1.807) is 6.07 Å². The molecule has 2 amide bonds. The van der Waals surface area contributed by atoms with Crippen LogP contribution < -0.4 is 10.2 Å². The van der Waals surface area contributed by atoms with E-state index in [-0.39, 0.29) is 17.7 Å². The van der Waals surface area contributed by atoms with Gasteiger partial charge in [0.2, 0.25) is 5.91 Å². The van der Waals surface area contributed by atoms with Gasteiger partial charge in [0, 0.05) is 57.4 Å². The molecule has 0 radical (unpaired) electrons. The van der Waals surface area contributed by atoms with Crippen molar-refractivity contribution < 1.29 is 14.0 Å². The highest BCUT2D eigenvalue weighted by atomic mass is 16.3. The normalized spacial score (nSPS) is 18.0. The van der Waals surface area contributed by atoms with Gasteiger partial charge in [-0.1, -0.05) is 18.2 Å². The molecule has 4 rings (SSSR count). The number of likely N-dealkylation sites (tertiary alicyclic amines) is 1. The lowest BCUT2D eigenvalue weighted by Crippen LogP contribution is -2.46. The van der Waals surface area contributed by atoms with Crippen molar-refractivity contribution in [2.75, 3.05) is 57.3 Å². The Hall–Kier alpha value is -2.80. The smallest absolute Gasteiger partial charge is 0.257 e. The van der Waals surface area contributed by atoms with Crippen LogP contribution in [-0.2, 0) is 4.79 Å². The Balaban J connectivity index is 1.06. The van der Waals surface area contributed by atoms with Gasteiger partial charge in [0.1, 0.15) is 6.26 Å². The second-order valence-electron chi connectivity index (χ2n) is 8.74. The van der Waals surface area contributed by atoms with Crippen LogP contribution in [0.1, 0.15) is 36.0 Å². The molecular formula is C25H34N4O3. The molecule has 0 saturated carbocycles. The van der Waals surface area contributed by atoms with Gasteiger partial charge in [0.15, 0.2) is 0 Å². The zero-order valence-electron chi connectivity index (χ0n) is 18.7. The van der Waals surface area contributed by atoms with E-state index in [0.29, 0.717) is 18.7 Å². The number of nitrogens with zero attached hydrogens (tertiary/aromatic N) is 3. The van der Waals surface area contributed by atoms with Gasteiger partial charge in [-0.3, -0.25) is 14.5 Å². The number of piperidine rings is 1. The van der Waals surface area contributed by atoms with E-state index in [0.717, 1.165) is 65.0 Å². The summed E-state index contributed by atoms with van der Waals surface area (Å²) in [6.45, 7) is 7.40. The molecule has 2 fully saturated rings. The Kier molecular flexibility index (Phi) is 7.82. The molecule has 0 atom stereocenters. The Morgan fingerprint density at radius 3 is 2.38 bits per heavy atom. The topological polar surface area (TPSA) is 69.0 Å². The first-order valence-corrected chi connectivity index (χ1v) is 11.8. The van der Waals surface area contributed by atoms with Crippen molar-refractivity contribution in [1.29, 1.82) is 0 Å². The van der Waals surface area contributed by atoms with Gasteiger partial charge >= 0.3 is 0 Å². The lowest BCUT2D eigenvalue weighted by molar-refractivity contribution is -0.126. The van der Waals surface area contributed by atoms with Gasteiger partial charge in [0.05, 0.1) is 11.8 Å². The third-order valence-corrected chi connectivity index (χ3v) is 6.62. The fourth-order valence-electron chi connectivity index (χ4n) is 4.60. The highest BCUT2D eigenvalue weighted by molar-refractivity contribution is 5.94. The zero-order valence-corrected chi connectivity index (χ0v) is 18.7. The Labute approximate surface area is 190 Å². The molecule has 2 aliphatic heterocycles. The van der Waals surface area contributed by atoms with Crippen LogP contribution in [0.15, 0.2) is 53.3 Å². The zero-order chi connectivity index (χ0) is 22.2. The minimum absolute atomic E-state index is 0.00876. The maximum absolute atomic E-state index is 12.5. The average molecular weight is 439 g/mol. The number of piperazine rings is 1. The first-order valence-electron chi connectivity index (χ1n) is 11.8. The van der Waals surface area contributed by atoms with Crippen LogP contribution >= 0.6 is 0 Å². The lowest BCUT2D eigenvalue weighted by atomic mass is 9.95. The molecule has 1 N–H and O–H groups in total. The first-order chi connectivity index (χ1) is 15.7. The number of benzene rings is 1. The number of hydrogen-bond donors (Lipinski definition) is 1. The fraction of sp³-hybridized carbons (Fsp3) is 0.520. The van der Waals surface area contributed by atoms with E-state index in [4.69, 9.17) is 4.42 Å². The van der Waals surface area contributed by atoms with Crippen molar-refractivity contribution in [3.05, 3.63) is 54.5 Å². The van der Waals surface area contributed by atoms with Crippen LogP contribution in [0.4, 0.5) is 5.69 Å². The molecular weight excluding hydrogens is 404 g/mol. The predicted octanol–water partition coefficient (Wildman–Crippen LogP) is 2.85. The maximum Gasteiger partial charge on any atom is 0.257 e. The Morgan fingerprint density at radius 1 is 0.938 bits per heavy atom. The van der Waals surface area contributed by atoms with Crippen molar-refractivity contribution in [1.82, 2.24) is 15.1 Å². The minimum Gasteiger partial charge on any atom is -0.472 e. The number of furan rings is 1. The van der Waals surface area contributed by atoms with Crippen molar-refractivity contribution in [2.24, 2.45) is 5.92 Å². The summed E-state index contributed by atoms with van der Waals surface area (Å²) in [5, 5.41) is 3.11. The molecule has 1 aromatic heterocycles. The maximum atomic E-state index is 12.5. The summed E-state index contributed by atoms with van der Waals surface area (Å²) in [7, 11) is 0. The molecule has 0 aliphatic carbocycles. The second kappa shape index (κ2) is 11.2. The van der Waals surface area contributed by atoms with Crippen LogP contribution in [0.3, 0.4) is 0 Å². The number of para-hydroxylation sites is 1. The Morgan fingerprint density at radius 2 is 1.69 bits per heavy atom. The third kappa shape index (κ3) is 5.91. The molecule has 2 aromatic rings. The van der Waals surface area contributed by atoms with Gasteiger partial charge in [0.25, 0.3) is 5.91 Å². The summed E-state index contributed by atoms with van der Waals surface area (Å²) in [5.41, 5.74) is 1.89. The summed E-state index contributed by atoms with van der Waals surface area (Å²) in [6, 6.07) is 12.3. The van der Waals surface area contributed by atoms with Crippen molar-refractivity contribution in [3.8, 4) is 0 Å². The van der Waals surface area contributed by atoms with Gasteiger partial charge in [-0.15, -0.1) is 0 Å². The van der Waals surface area contributed by atoms with Crippen molar-refractivity contribution in [3.63, 3.8) is 0 Å². The largest absolute Gasteiger partial charge is 0.472 e. The first kappa shape index (κ1) is 22.4. The van der Waals surface area contributed by atoms with Crippen LogP contribution in [0.5, 0.6) is 0 Å². The lowest BCUT2D eigenvalue weighted by Gasteiger charge is -2.36. The van der Waals surface area contributed by atoms with Gasteiger partial charge in [-0.2, -0.15) is 0 Å². The molecule has 0 bridgehead atoms. The molecule has 1 aromatic carbocycles. The monoisotopic (exact) mass is 438 g/mol. The van der Waals surface area contributed by atoms with Crippen LogP contribution in [0.25, 0.3) is 0 Å². The summed E-state index contributed by atoms with van der Waals surface area (Å²) < 4.78 is 4.99. The molecule has 2 saturated heterocycles. The van der Waals surface area contributed by atoms with E-state index in [2.05, 4.69) is 45.4 Å². The van der Waals surface area contributed by atoms with Crippen LogP contribution in [0.2, 0.25) is 0 Å². The van der Waals surface area contributed by atoms with Crippen molar-refractivity contribution >= 4 is 17.5 Å². The number of hydrogen-bond acceptors (Lipinski definition) is 5.